The molecule has 5 rings (SSSR count). The number of fused-ring (bicyclic) bond motifs is 4. The van der Waals surface area contributed by atoms with E-state index < -0.39 is 5.72 Å². The number of carbonyl (C=O) groups is 1. The Hall–Kier alpha value is -3.03. The summed E-state index contributed by atoms with van der Waals surface area (Å²) in [4.78, 5) is 17.0. The van der Waals surface area contributed by atoms with Crippen LogP contribution in [-0.2, 0) is 0 Å². The van der Waals surface area contributed by atoms with Crippen LogP contribution in [0.25, 0.3) is 0 Å². The number of methoxy groups -OCH3 is 1. The van der Waals surface area contributed by atoms with Crippen molar-refractivity contribution in [3.05, 3.63) is 77.2 Å². The van der Waals surface area contributed by atoms with Gasteiger partial charge < -0.3 is 13.9 Å². The van der Waals surface area contributed by atoms with E-state index in [4.69, 9.17) is 37.7 Å². The van der Waals surface area contributed by atoms with Gasteiger partial charge in [0, 0.05) is 22.7 Å². The maximum absolute atomic E-state index is 13.5. The fraction of sp³-hybridized carbons (Fsp3) is 0.217. The Labute approximate surface area is 189 Å². The number of halogens is 1. The summed E-state index contributed by atoms with van der Waals surface area (Å²) in [6.45, 7) is 1.96. The summed E-state index contributed by atoms with van der Waals surface area (Å²) in [5.41, 5.74) is 0.776. The smallest absolute Gasteiger partial charge is 0.296 e. The second-order valence-corrected chi connectivity index (χ2v) is 8.42. The summed E-state index contributed by atoms with van der Waals surface area (Å²) in [5, 5.41) is 0.936. The molecule has 0 N–H and O–H groups in total. The normalized spacial score (nSPS) is 22.0. The maximum atomic E-state index is 13.5. The molecule has 1 saturated heterocycles. The second-order valence-electron chi connectivity index (χ2n) is 7.62. The molecular formula is C23H19ClN2O4S. The van der Waals surface area contributed by atoms with Crippen molar-refractivity contribution in [3.63, 3.8) is 0 Å². The summed E-state index contributed by atoms with van der Waals surface area (Å²) < 4.78 is 17.5. The lowest BCUT2D eigenvalue weighted by Crippen LogP contribution is -2.67. The Morgan fingerprint density at radius 3 is 2.65 bits per heavy atom. The van der Waals surface area contributed by atoms with Crippen LogP contribution in [0.2, 0.25) is 5.02 Å². The first-order valence-electron chi connectivity index (χ1n) is 9.76. The van der Waals surface area contributed by atoms with Crippen LogP contribution in [0.15, 0.2) is 65.3 Å². The minimum absolute atomic E-state index is 0.220. The summed E-state index contributed by atoms with van der Waals surface area (Å²) in [5.74, 6) is 1.11. The Morgan fingerprint density at radius 1 is 1.19 bits per heavy atom. The van der Waals surface area contributed by atoms with E-state index in [0.29, 0.717) is 28.1 Å². The van der Waals surface area contributed by atoms with Gasteiger partial charge in [-0.05, 0) is 61.6 Å². The number of amides is 1. The lowest BCUT2D eigenvalue weighted by Gasteiger charge is -2.55. The number of rotatable bonds is 3. The highest BCUT2D eigenvalue weighted by atomic mass is 35.5. The molecule has 0 unspecified atom stereocenters. The number of anilines is 1. The minimum atomic E-state index is -0.836. The number of hydrogen-bond donors (Lipinski definition) is 0. The third-order valence-electron chi connectivity index (χ3n) is 5.70. The van der Waals surface area contributed by atoms with Crippen LogP contribution < -0.4 is 14.4 Å². The highest BCUT2D eigenvalue weighted by Gasteiger charge is 2.54. The number of thiocarbonyl (C=S) groups is 1. The quantitative estimate of drug-likeness (QED) is 0.492. The molecule has 2 bridgehead atoms. The Morgan fingerprint density at radius 2 is 1.97 bits per heavy atom. The van der Waals surface area contributed by atoms with Gasteiger partial charge in [0.1, 0.15) is 0 Å². The van der Waals surface area contributed by atoms with E-state index in [1.807, 2.05) is 42.2 Å². The molecule has 1 fully saturated rings. The number of carbonyl (C=O) groups excluding carboxylic acids is 1. The van der Waals surface area contributed by atoms with Gasteiger partial charge in [0.05, 0.1) is 19.4 Å². The zero-order chi connectivity index (χ0) is 21.8. The van der Waals surface area contributed by atoms with Gasteiger partial charge in [-0.3, -0.25) is 14.6 Å². The number of ether oxygens (including phenoxy) is 2. The number of furan rings is 1. The summed E-state index contributed by atoms with van der Waals surface area (Å²) >= 11 is 12.0. The molecule has 1 aromatic heterocycles. The number of para-hydroxylation sites is 1. The molecule has 8 heteroatoms. The summed E-state index contributed by atoms with van der Waals surface area (Å²) in [7, 11) is 1.60. The first-order valence-corrected chi connectivity index (χ1v) is 10.5. The summed E-state index contributed by atoms with van der Waals surface area (Å²) in [6.07, 6.45) is 1.98. The second kappa shape index (κ2) is 7.28. The molecule has 0 aliphatic carbocycles. The monoisotopic (exact) mass is 454 g/mol. The summed E-state index contributed by atoms with van der Waals surface area (Å²) in [6, 6.07) is 15.9. The van der Waals surface area contributed by atoms with Crippen molar-refractivity contribution in [2.45, 2.75) is 25.1 Å². The van der Waals surface area contributed by atoms with Crippen molar-refractivity contribution in [3.8, 4) is 11.5 Å². The van der Waals surface area contributed by atoms with Gasteiger partial charge >= 0.3 is 0 Å². The standard InChI is InChI=1S/C23H19ClN2O4S/c1-23-13-17(16-5-3-6-18(28-2)20(16)30-23)25(21(27)19-7-4-12-29-19)22(31)26(23)15-10-8-14(24)9-11-15/h3-12,17H,13H2,1-2H3/t17-,23-/m1/s1. The molecule has 2 aromatic carbocycles. The van der Waals surface area contributed by atoms with E-state index in [-0.39, 0.29) is 17.7 Å². The maximum Gasteiger partial charge on any atom is 0.296 e. The topological polar surface area (TPSA) is 55.2 Å². The molecule has 3 heterocycles. The van der Waals surface area contributed by atoms with Crippen LogP contribution >= 0.6 is 23.8 Å². The van der Waals surface area contributed by atoms with Gasteiger partial charge in [-0.1, -0.05) is 23.7 Å². The molecule has 2 atom stereocenters. The molecule has 0 saturated carbocycles. The van der Waals surface area contributed by atoms with E-state index in [1.165, 1.54) is 6.26 Å². The van der Waals surface area contributed by atoms with Crippen LogP contribution in [0.3, 0.4) is 0 Å². The van der Waals surface area contributed by atoms with E-state index in [1.54, 1.807) is 36.3 Å². The highest BCUT2D eigenvalue weighted by Crippen LogP contribution is 2.52. The lowest BCUT2D eigenvalue weighted by atomic mass is 9.88. The first kappa shape index (κ1) is 19.9. The van der Waals surface area contributed by atoms with Gasteiger partial charge in [-0.25, -0.2) is 0 Å². The number of hydrogen-bond acceptors (Lipinski definition) is 5. The van der Waals surface area contributed by atoms with Gasteiger partial charge in [0.15, 0.2) is 28.1 Å². The molecular weight excluding hydrogens is 436 g/mol. The molecule has 0 radical (unpaired) electrons. The van der Waals surface area contributed by atoms with E-state index in [0.717, 1.165) is 11.3 Å². The van der Waals surface area contributed by atoms with E-state index in [9.17, 15) is 4.79 Å². The number of benzene rings is 2. The predicted molar refractivity (Wildman–Crippen MR) is 121 cm³/mol. The van der Waals surface area contributed by atoms with Crippen LogP contribution in [0.4, 0.5) is 5.69 Å². The Kier molecular flexibility index (Phi) is 4.68. The average molecular weight is 455 g/mol. The van der Waals surface area contributed by atoms with Crippen molar-refractivity contribution in [1.29, 1.82) is 0 Å². The first-order chi connectivity index (χ1) is 14.9. The lowest BCUT2D eigenvalue weighted by molar-refractivity contribution is 0.0152. The van der Waals surface area contributed by atoms with Crippen LogP contribution in [-0.4, -0.2) is 28.8 Å². The molecule has 2 aliphatic heterocycles. The van der Waals surface area contributed by atoms with Crippen molar-refractivity contribution in [2.24, 2.45) is 0 Å². The highest BCUT2D eigenvalue weighted by molar-refractivity contribution is 7.80. The van der Waals surface area contributed by atoms with Crippen molar-refractivity contribution in [1.82, 2.24) is 4.90 Å². The fourth-order valence-electron chi connectivity index (χ4n) is 4.33. The molecule has 0 spiro atoms. The minimum Gasteiger partial charge on any atom is -0.493 e. The SMILES string of the molecule is COc1cccc2c1O[C@]1(C)C[C@H]2N(C(=O)c2ccco2)C(=S)N1c1ccc(Cl)cc1. The van der Waals surface area contributed by atoms with E-state index in [2.05, 4.69) is 0 Å². The zero-order valence-corrected chi connectivity index (χ0v) is 18.4. The van der Waals surface area contributed by atoms with E-state index >= 15 is 0 Å². The fourth-order valence-corrected chi connectivity index (χ4v) is 4.96. The van der Waals surface area contributed by atoms with Crippen molar-refractivity contribution < 1.29 is 18.7 Å². The third kappa shape index (κ3) is 3.07. The van der Waals surface area contributed by atoms with Crippen LogP contribution in [0, 0.1) is 0 Å². The molecule has 1 amide bonds. The molecule has 2 aliphatic rings. The van der Waals surface area contributed by atoms with Crippen molar-refractivity contribution in [2.75, 3.05) is 12.0 Å². The zero-order valence-electron chi connectivity index (χ0n) is 16.9. The average Bonchev–Trinajstić information content (AvgIpc) is 3.29. The number of nitrogens with zero attached hydrogens (tertiary/aromatic N) is 2. The molecule has 6 nitrogen and oxygen atoms in total. The Bertz CT molecular complexity index is 1160. The largest absolute Gasteiger partial charge is 0.493 e. The molecule has 31 heavy (non-hydrogen) atoms. The van der Waals surface area contributed by atoms with Gasteiger partial charge in [-0.15, -0.1) is 0 Å². The van der Waals surface area contributed by atoms with Gasteiger partial charge in [0.25, 0.3) is 5.91 Å². The molecule has 158 valence electrons. The van der Waals surface area contributed by atoms with Crippen LogP contribution in [0.1, 0.15) is 35.5 Å². The Balaban J connectivity index is 1.70. The van der Waals surface area contributed by atoms with Crippen molar-refractivity contribution >= 4 is 40.5 Å². The van der Waals surface area contributed by atoms with Crippen LogP contribution in [0.5, 0.6) is 11.5 Å². The van der Waals surface area contributed by atoms with Gasteiger partial charge in [-0.2, -0.15) is 0 Å². The van der Waals surface area contributed by atoms with Gasteiger partial charge in [0.2, 0.25) is 0 Å². The molecule has 3 aromatic rings. The predicted octanol–water partition coefficient (Wildman–Crippen LogP) is 5.43. The third-order valence-corrected chi connectivity index (χ3v) is 6.33.